The summed E-state index contributed by atoms with van der Waals surface area (Å²) in [6.07, 6.45) is 0. The molecule has 0 aliphatic rings. The highest BCUT2D eigenvalue weighted by Gasteiger charge is 2.27. The van der Waals surface area contributed by atoms with Crippen LogP contribution < -0.4 is 9.64 Å². The lowest BCUT2D eigenvalue weighted by Crippen LogP contribution is -2.39. The van der Waals surface area contributed by atoms with Crippen molar-refractivity contribution in [2.45, 2.75) is 13.8 Å². The van der Waals surface area contributed by atoms with E-state index in [0.717, 1.165) is 29.9 Å². The minimum absolute atomic E-state index is 0. The van der Waals surface area contributed by atoms with Crippen molar-refractivity contribution in [1.82, 2.24) is 9.88 Å². The number of ether oxygens (including phenoxy) is 1. The third kappa shape index (κ3) is 5.06. The molecule has 5 nitrogen and oxygen atoms in total. The Morgan fingerprint density at radius 1 is 1.10 bits per heavy atom. The number of methoxy groups -OCH3 is 1. The van der Waals surface area contributed by atoms with Gasteiger partial charge in [-0.05, 0) is 37.4 Å². The molecule has 0 saturated heterocycles. The van der Waals surface area contributed by atoms with E-state index < -0.39 is 23.1 Å². The minimum Gasteiger partial charge on any atom is -0.497 e. The number of carbonyl (C=O) groups is 1. The topological polar surface area (TPSA) is 45.7 Å². The summed E-state index contributed by atoms with van der Waals surface area (Å²) in [5.74, 6) is -1.86. The molecule has 0 N–H and O–H groups in total. The highest BCUT2D eigenvalue weighted by atomic mass is 35.5. The third-order valence-electron chi connectivity index (χ3n) is 4.77. The first kappa shape index (κ1) is 24.0. The molecule has 1 aromatic heterocycles. The minimum atomic E-state index is -0.884. The Hall–Kier alpha value is -2.29. The number of hydrogen-bond acceptors (Lipinski definition) is 5. The van der Waals surface area contributed by atoms with Crippen LogP contribution >= 0.6 is 23.7 Å². The zero-order valence-electron chi connectivity index (χ0n) is 17.0. The van der Waals surface area contributed by atoms with Gasteiger partial charge in [0.1, 0.15) is 22.9 Å². The molecule has 0 fully saturated rings. The largest absolute Gasteiger partial charge is 0.497 e. The summed E-state index contributed by atoms with van der Waals surface area (Å²) in [5, 5.41) is 0.396. The van der Waals surface area contributed by atoms with Crippen molar-refractivity contribution in [1.29, 1.82) is 0 Å². The van der Waals surface area contributed by atoms with Crippen molar-refractivity contribution in [3.8, 4) is 5.75 Å². The maximum absolute atomic E-state index is 14.3. The first-order valence-corrected chi connectivity index (χ1v) is 10.2. The monoisotopic (exact) mass is 455 g/mol. The predicted molar refractivity (Wildman–Crippen MR) is 119 cm³/mol. The van der Waals surface area contributed by atoms with Gasteiger partial charge < -0.3 is 9.64 Å². The molecule has 0 aliphatic heterocycles. The van der Waals surface area contributed by atoms with E-state index in [1.807, 2.05) is 26.0 Å². The van der Waals surface area contributed by atoms with Crippen molar-refractivity contribution >= 4 is 45.0 Å². The highest BCUT2D eigenvalue weighted by Crippen LogP contribution is 2.32. The van der Waals surface area contributed by atoms with Crippen LogP contribution in [0.4, 0.5) is 13.9 Å². The smallest absolute Gasteiger partial charge is 0.266 e. The van der Waals surface area contributed by atoms with E-state index in [2.05, 4.69) is 9.88 Å². The lowest BCUT2D eigenvalue weighted by Gasteiger charge is -2.25. The fourth-order valence-corrected chi connectivity index (χ4v) is 4.01. The molecule has 0 saturated carbocycles. The summed E-state index contributed by atoms with van der Waals surface area (Å²) in [7, 11) is 1.56. The number of halogens is 3. The van der Waals surface area contributed by atoms with Crippen molar-refractivity contribution in [3.63, 3.8) is 0 Å². The van der Waals surface area contributed by atoms with Gasteiger partial charge >= 0.3 is 0 Å². The molecule has 3 aromatic rings. The number of hydrogen-bond donors (Lipinski definition) is 0. The fraction of sp³-hybridized carbons (Fsp3) is 0.333. The molecule has 162 valence electrons. The third-order valence-corrected chi connectivity index (χ3v) is 5.83. The zero-order chi connectivity index (χ0) is 21.0. The quantitative estimate of drug-likeness (QED) is 0.480. The van der Waals surface area contributed by atoms with E-state index in [4.69, 9.17) is 4.74 Å². The van der Waals surface area contributed by atoms with Crippen LogP contribution in [0.2, 0.25) is 0 Å². The van der Waals surface area contributed by atoms with Gasteiger partial charge in [-0.2, -0.15) is 0 Å². The van der Waals surface area contributed by atoms with Gasteiger partial charge in [0.05, 0.1) is 17.3 Å². The van der Waals surface area contributed by atoms with Crippen LogP contribution in [0, 0.1) is 11.6 Å². The van der Waals surface area contributed by atoms with Crippen LogP contribution in [0.3, 0.4) is 0 Å². The normalized spacial score (nSPS) is 10.9. The van der Waals surface area contributed by atoms with Gasteiger partial charge in [-0.25, -0.2) is 13.8 Å². The van der Waals surface area contributed by atoms with Crippen molar-refractivity contribution < 1.29 is 18.3 Å². The average Bonchev–Trinajstić information content (AvgIpc) is 3.13. The lowest BCUT2D eigenvalue weighted by molar-refractivity contribution is 0.0975. The second-order valence-electron chi connectivity index (χ2n) is 6.41. The van der Waals surface area contributed by atoms with Gasteiger partial charge in [-0.15, -0.1) is 12.4 Å². The number of likely N-dealkylation sites (N-methyl/N-ethyl adjacent to an activating group) is 1. The molecule has 1 amide bonds. The Labute approximate surface area is 184 Å². The average molecular weight is 456 g/mol. The number of thiazole rings is 1. The van der Waals surface area contributed by atoms with Crippen LogP contribution in [-0.2, 0) is 0 Å². The molecule has 0 unspecified atom stereocenters. The summed E-state index contributed by atoms with van der Waals surface area (Å²) in [5.41, 5.74) is 0.0999. The molecule has 0 radical (unpaired) electrons. The number of anilines is 1. The molecule has 0 aliphatic carbocycles. The van der Waals surface area contributed by atoms with Gasteiger partial charge in [0.15, 0.2) is 5.13 Å². The zero-order valence-corrected chi connectivity index (χ0v) is 18.7. The Morgan fingerprint density at radius 3 is 2.37 bits per heavy atom. The first-order chi connectivity index (χ1) is 14.0. The summed E-state index contributed by atoms with van der Waals surface area (Å²) < 4.78 is 34.6. The lowest BCUT2D eigenvalue weighted by atomic mass is 10.1. The Balaban J connectivity index is 0.00000320. The Bertz CT molecular complexity index is 991. The first-order valence-electron chi connectivity index (χ1n) is 9.41. The van der Waals surface area contributed by atoms with Gasteiger partial charge in [0, 0.05) is 19.2 Å². The molecule has 0 spiro atoms. The van der Waals surface area contributed by atoms with Crippen LogP contribution in [0.25, 0.3) is 10.2 Å². The number of rotatable bonds is 8. The number of carbonyl (C=O) groups excluding carboxylic acids is 1. The molecule has 2 aromatic carbocycles. The van der Waals surface area contributed by atoms with E-state index in [1.54, 1.807) is 13.2 Å². The van der Waals surface area contributed by atoms with E-state index in [9.17, 15) is 13.6 Å². The van der Waals surface area contributed by atoms with E-state index in [0.29, 0.717) is 22.9 Å². The van der Waals surface area contributed by atoms with E-state index >= 15 is 0 Å². The summed E-state index contributed by atoms with van der Waals surface area (Å²) in [4.78, 5) is 21.2. The molecular formula is C21H24ClF2N3O2S. The molecule has 30 heavy (non-hydrogen) atoms. The summed E-state index contributed by atoms with van der Waals surface area (Å²) >= 11 is 1.30. The van der Waals surface area contributed by atoms with Crippen LogP contribution in [0.1, 0.15) is 24.2 Å². The molecule has 9 heteroatoms. The van der Waals surface area contributed by atoms with E-state index in [1.165, 1.54) is 22.3 Å². The Kier molecular flexibility index (Phi) is 8.52. The highest BCUT2D eigenvalue weighted by molar-refractivity contribution is 7.22. The van der Waals surface area contributed by atoms with Crippen molar-refractivity contribution in [3.05, 3.63) is 53.6 Å². The fourth-order valence-electron chi connectivity index (χ4n) is 3.04. The van der Waals surface area contributed by atoms with Crippen molar-refractivity contribution in [2.75, 3.05) is 38.2 Å². The number of fused-ring (bicyclic) bond motifs is 1. The molecular weight excluding hydrogens is 432 g/mol. The second-order valence-corrected chi connectivity index (χ2v) is 7.42. The second kappa shape index (κ2) is 10.7. The predicted octanol–water partition coefficient (Wildman–Crippen LogP) is 4.99. The van der Waals surface area contributed by atoms with Gasteiger partial charge in [-0.3, -0.25) is 9.69 Å². The standard InChI is InChI=1S/C21H23F2N3O2S.ClH/c1-4-25(5-2)11-12-26(20(27)19-15(22)7-6-8-16(19)23)21-24-17-13-14(28-3)9-10-18(17)29-21;/h6-10,13H,4-5,11-12H2,1-3H3;1H. The van der Waals surface area contributed by atoms with E-state index in [-0.39, 0.29) is 19.0 Å². The number of aromatic nitrogens is 1. The van der Waals surface area contributed by atoms with Gasteiger partial charge in [0.25, 0.3) is 5.91 Å². The number of amides is 1. The number of nitrogens with zero attached hydrogens (tertiary/aromatic N) is 3. The summed E-state index contributed by atoms with van der Waals surface area (Å²) in [6, 6.07) is 8.84. The maximum atomic E-state index is 14.3. The maximum Gasteiger partial charge on any atom is 0.266 e. The molecule has 3 rings (SSSR count). The summed E-state index contributed by atoms with van der Waals surface area (Å²) in [6.45, 7) is 6.50. The molecule has 0 atom stereocenters. The van der Waals surface area contributed by atoms with Crippen LogP contribution in [-0.4, -0.2) is 49.1 Å². The van der Waals surface area contributed by atoms with Crippen LogP contribution in [0.15, 0.2) is 36.4 Å². The Morgan fingerprint density at radius 2 is 1.77 bits per heavy atom. The van der Waals surface area contributed by atoms with Gasteiger partial charge in [-0.1, -0.05) is 31.3 Å². The van der Waals surface area contributed by atoms with Crippen molar-refractivity contribution in [2.24, 2.45) is 0 Å². The number of benzene rings is 2. The SMILES string of the molecule is CCN(CC)CCN(C(=O)c1c(F)cccc1F)c1nc2cc(OC)ccc2s1.Cl. The molecule has 1 heterocycles. The molecule has 0 bridgehead atoms. The van der Waals surface area contributed by atoms with Crippen LogP contribution in [0.5, 0.6) is 5.75 Å². The van der Waals surface area contributed by atoms with Gasteiger partial charge in [0.2, 0.25) is 0 Å².